The molecule has 2 fully saturated rings. The number of rotatable bonds is 19. The summed E-state index contributed by atoms with van der Waals surface area (Å²) in [6.45, 7) is 7.05. The van der Waals surface area contributed by atoms with Gasteiger partial charge in [-0.1, -0.05) is 70.0 Å². The predicted octanol–water partition coefficient (Wildman–Crippen LogP) is 4.69. The van der Waals surface area contributed by atoms with Crippen LogP contribution in [-0.2, 0) is 39.8 Å². The second kappa shape index (κ2) is 19.4. The van der Waals surface area contributed by atoms with Gasteiger partial charge >= 0.3 is 12.1 Å². The lowest BCUT2D eigenvalue weighted by atomic mass is 9.83. The molecule has 3 rings (SSSR count). The molecule has 3 amide bonds. The van der Waals surface area contributed by atoms with Crippen LogP contribution in [0.1, 0.15) is 52.5 Å². The van der Waals surface area contributed by atoms with Crippen LogP contribution in [0.3, 0.4) is 0 Å². The molecule has 0 saturated carbocycles. The van der Waals surface area contributed by atoms with Crippen molar-refractivity contribution < 1.29 is 48.0 Å². The highest BCUT2D eigenvalue weighted by Gasteiger charge is 2.64. The maximum atomic E-state index is 13.3. The zero-order valence-corrected chi connectivity index (χ0v) is 33.6. The first-order valence-corrected chi connectivity index (χ1v) is 20.0. The molecule has 1 aromatic rings. The number of ether oxygens (including phenoxy) is 5. The Morgan fingerprint density at radius 2 is 1.98 bits per heavy atom. The van der Waals surface area contributed by atoms with Gasteiger partial charge in [0, 0.05) is 45.7 Å². The van der Waals surface area contributed by atoms with Crippen molar-refractivity contribution in [2.24, 2.45) is 5.92 Å². The number of hydrogen-bond donors (Lipinski definition) is 3. The Bertz CT molecular complexity index is 1500. The number of carbonyl (C=O) groups excluding carboxylic acids is 4. The van der Waals surface area contributed by atoms with Crippen LogP contribution in [0, 0.1) is 5.92 Å². The van der Waals surface area contributed by atoms with Gasteiger partial charge < -0.3 is 39.0 Å². The molecular weight excluding hydrogens is 734 g/mol. The molecule has 2 heterocycles. The van der Waals surface area contributed by atoms with Gasteiger partial charge in [0.25, 0.3) is 0 Å². The standard InChI is InChI=1S/C36H52ClN3O10S2/c1-21(17-24-13-14-25(37)26(18-24)46-7)11-10-12-28(47-8)36(45)20-27(48-34(44)39-36)22(2)32-35(4,50-32)29(19-30(41)38-5)49-33(43)23(3)40(6)31(42)15-16-52-51-9/h10-14,18,22-23,27-29,32,45H,15-17,19-20H2,1-9H3,(H,38,41)(H,39,44)/b12-10+,21-11+/t22-,23-,27+,28-,29+,32?,35+,36+/m1/s1. The minimum absolute atomic E-state index is 0.0510. The van der Waals surface area contributed by atoms with Gasteiger partial charge in [0.05, 0.1) is 24.7 Å². The number of allylic oxidation sites excluding steroid dienone is 3. The molecule has 2 aliphatic rings. The van der Waals surface area contributed by atoms with Gasteiger partial charge in [-0.05, 0) is 51.1 Å². The molecule has 16 heteroatoms. The average molecular weight is 786 g/mol. The van der Waals surface area contributed by atoms with Crippen molar-refractivity contribution in [2.45, 2.75) is 95.2 Å². The van der Waals surface area contributed by atoms with E-state index >= 15 is 0 Å². The third-order valence-corrected chi connectivity index (χ3v) is 11.6. The predicted molar refractivity (Wildman–Crippen MR) is 202 cm³/mol. The third-order valence-electron chi connectivity index (χ3n) is 9.51. The minimum Gasteiger partial charge on any atom is -0.495 e. The fourth-order valence-electron chi connectivity index (χ4n) is 6.13. The van der Waals surface area contributed by atoms with E-state index in [1.54, 1.807) is 67.7 Å². The lowest BCUT2D eigenvalue weighted by molar-refractivity contribution is -0.162. The van der Waals surface area contributed by atoms with E-state index in [0.29, 0.717) is 22.9 Å². The summed E-state index contributed by atoms with van der Waals surface area (Å²) in [6, 6.07) is 4.67. The van der Waals surface area contributed by atoms with Crippen LogP contribution in [0.25, 0.3) is 0 Å². The van der Waals surface area contributed by atoms with Crippen LogP contribution in [0.2, 0.25) is 5.02 Å². The van der Waals surface area contributed by atoms with Gasteiger partial charge in [0.2, 0.25) is 11.8 Å². The lowest BCUT2D eigenvalue weighted by Gasteiger charge is -2.42. The van der Waals surface area contributed by atoms with Gasteiger partial charge in [-0.2, -0.15) is 0 Å². The van der Waals surface area contributed by atoms with Crippen LogP contribution >= 0.6 is 33.2 Å². The molecule has 0 aromatic heterocycles. The molecule has 0 aliphatic carbocycles. The molecule has 0 spiro atoms. The third kappa shape index (κ3) is 11.3. The first-order valence-electron chi connectivity index (χ1n) is 16.9. The van der Waals surface area contributed by atoms with Gasteiger partial charge in [0.15, 0.2) is 5.72 Å². The smallest absolute Gasteiger partial charge is 0.409 e. The summed E-state index contributed by atoms with van der Waals surface area (Å²) < 4.78 is 28.6. The van der Waals surface area contributed by atoms with Crippen molar-refractivity contribution >= 4 is 57.1 Å². The molecule has 290 valence electrons. The van der Waals surface area contributed by atoms with Crippen LogP contribution in [0.5, 0.6) is 5.75 Å². The molecule has 0 radical (unpaired) electrons. The zero-order chi connectivity index (χ0) is 38.8. The average Bonchev–Trinajstić information content (AvgIpc) is 3.81. The molecule has 52 heavy (non-hydrogen) atoms. The van der Waals surface area contributed by atoms with E-state index in [0.717, 1.165) is 11.1 Å². The normalized spacial score (nSPS) is 25.3. The van der Waals surface area contributed by atoms with Gasteiger partial charge in [-0.3, -0.25) is 14.9 Å². The van der Waals surface area contributed by atoms with Crippen molar-refractivity contribution in [1.82, 2.24) is 15.5 Å². The van der Waals surface area contributed by atoms with Crippen molar-refractivity contribution in [1.29, 1.82) is 0 Å². The molecule has 1 aromatic carbocycles. The number of aliphatic hydroxyl groups is 1. The second-order valence-corrected chi connectivity index (χ2v) is 16.3. The quantitative estimate of drug-likeness (QED) is 0.0584. The Hall–Kier alpha value is -2.95. The maximum absolute atomic E-state index is 13.3. The molecular formula is C36H52ClN3O10S2. The number of alkyl carbamates (subject to hydrolysis) is 1. The van der Waals surface area contributed by atoms with E-state index in [1.165, 1.54) is 26.1 Å². The highest BCUT2D eigenvalue weighted by molar-refractivity contribution is 8.76. The van der Waals surface area contributed by atoms with Crippen molar-refractivity contribution in [3.63, 3.8) is 0 Å². The Morgan fingerprint density at radius 3 is 2.62 bits per heavy atom. The van der Waals surface area contributed by atoms with E-state index in [-0.39, 0.29) is 31.1 Å². The van der Waals surface area contributed by atoms with E-state index in [1.807, 2.05) is 31.4 Å². The number of hydrogen-bond acceptors (Lipinski definition) is 12. The van der Waals surface area contributed by atoms with Crippen molar-refractivity contribution in [3.8, 4) is 5.75 Å². The number of esters is 1. The number of carbonyl (C=O) groups is 4. The van der Waals surface area contributed by atoms with Crippen LogP contribution in [0.4, 0.5) is 4.79 Å². The summed E-state index contributed by atoms with van der Waals surface area (Å²) in [5.74, 6) is -0.563. The number of halogens is 1. The fourth-order valence-corrected chi connectivity index (χ4v) is 7.50. The zero-order valence-electron chi connectivity index (χ0n) is 31.2. The van der Waals surface area contributed by atoms with Gasteiger partial charge in [-0.15, -0.1) is 0 Å². The molecule has 3 N–H and O–H groups in total. The molecule has 2 saturated heterocycles. The summed E-state index contributed by atoms with van der Waals surface area (Å²) in [6.07, 6.45) is 3.64. The number of amides is 3. The SMILES string of the molecule is CNC(=O)C[C@H](OC(=O)[C@@H](C)N(C)C(=O)CCSSC)[C@]1(C)OC1[C@H](C)[C@@H]1C[C@](O)([C@@H](/C=C/C=C(\C)Cc2ccc(Cl)c(OC)c2)OC)NC(=O)O1. The summed E-state index contributed by atoms with van der Waals surface area (Å²) >= 11 is 6.15. The Balaban J connectivity index is 1.71. The Morgan fingerprint density at radius 1 is 1.27 bits per heavy atom. The Kier molecular flexibility index (Phi) is 16.2. The monoisotopic (exact) mass is 785 g/mol. The number of likely N-dealkylation sites (N-methyl/N-ethyl adjacent to an activating group) is 1. The highest BCUT2D eigenvalue weighted by atomic mass is 35.5. The summed E-state index contributed by atoms with van der Waals surface area (Å²) in [7, 11) is 9.11. The fraction of sp³-hybridized carbons (Fsp3) is 0.611. The molecule has 1 unspecified atom stereocenters. The van der Waals surface area contributed by atoms with Gasteiger partial charge in [-0.25, -0.2) is 9.59 Å². The van der Waals surface area contributed by atoms with Crippen LogP contribution < -0.4 is 15.4 Å². The summed E-state index contributed by atoms with van der Waals surface area (Å²) in [5, 5.41) is 17.3. The number of nitrogens with zero attached hydrogens (tertiary/aromatic N) is 1. The van der Waals surface area contributed by atoms with Gasteiger partial charge in [0.1, 0.15) is 35.7 Å². The molecule has 13 nitrogen and oxygen atoms in total. The number of epoxide rings is 1. The molecule has 0 bridgehead atoms. The first kappa shape index (κ1) is 43.5. The first-order chi connectivity index (χ1) is 24.5. The minimum atomic E-state index is -1.83. The second-order valence-electron chi connectivity index (χ2n) is 13.2. The maximum Gasteiger partial charge on any atom is 0.409 e. The number of nitrogens with one attached hydrogen (secondary N) is 2. The molecule has 8 atom stereocenters. The number of methoxy groups -OCH3 is 2. The van der Waals surface area contributed by atoms with E-state index < -0.39 is 59.8 Å². The largest absolute Gasteiger partial charge is 0.495 e. The van der Waals surface area contributed by atoms with E-state index in [2.05, 4.69) is 10.6 Å². The number of benzene rings is 1. The van der Waals surface area contributed by atoms with Crippen LogP contribution in [0.15, 0.2) is 42.0 Å². The number of cyclic esters (lactones) is 1. The summed E-state index contributed by atoms with van der Waals surface area (Å²) in [4.78, 5) is 52.6. The van der Waals surface area contributed by atoms with E-state index in [4.69, 9.17) is 35.3 Å². The van der Waals surface area contributed by atoms with Crippen molar-refractivity contribution in [3.05, 3.63) is 52.6 Å². The Labute approximate surface area is 319 Å². The van der Waals surface area contributed by atoms with Crippen molar-refractivity contribution in [2.75, 3.05) is 40.3 Å². The lowest BCUT2D eigenvalue weighted by Crippen LogP contribution is -2.63. The highest BCUT2D eigenvalue weighted by Crippen LogP contribution is 2.48. The van der Waals surface area contributed by atoms with Crippen LogP contribution in [-0.4, -0.2) is 116 Å². The summed E-state index contributed by atoms with van der Waals surface area (Å²) in [5.41, 5.74) is -0.926. The molecule has 2 aliphatic heterocycles. The van der Waals surface area contributed by atoms with E-state index in [9.17, 15) is 24.3 Å². The topological polar surface area (TPSA) is 165 Å².